The third-order valence-electron chi connectivity index (χ3n) is 3.10. The molecule has 0 fully saturated rings. The van der Waals surface area contributed by atoms with Crippen LogP contribution in [0.5, 0.6) is 0 Å². The van der Waals surface area contributed by atoms with Gasteiger partial charge >= 0.3 is 0 Å². The fraction of sp³-hybridized carbons (Fsp3) is 0.692. The van der Waals surface area contributed by atoms with E-state index < -0.39 is 0 Å². The second kappa shape index (κ2) is 7.34. The van der Waals surface area contributed by atoms with Crippen LogP contribution in [0.3, 0.4) is 0 Å². The van der Waals surface area contributed by atoms with Gasteiger partial charge in [-0.15, -0.1) is 0 Å². The molecule has 1 N–H and O–H groups in total. The van der Waals surface area contributed by atoms with Crippen LogP contribution in [-0.4, -0.2) is 16.7 Å². The molecule has 0 spiro atoms. The van der Waals surface area contributed by atoms with Crippen LogP contribution in [-0.2, 0) is 0 Å². The Hall–Kier alpha value is -0.960. The van der Waals surface area contributed by atoms with Gasteiger partial charge in [0.15, 0.2) is 0 Å². The quantitative estimate of drug-likeness (QED) is 0.769. The minimum Gasteiger partial charge on any atom is -0.310 e. The van der Waals surface area contributed by atoms with E-state index in [1.807, 2.05) is 6.20 Å². The number of rotatable bonds is 7. The summed E-state index contributed by atoms with van der Waals surface area (Å²) >= 11 is 0. The lowest BCUT2D eigenvalue weighted by Crippen LogP contribution is -2.28. The predicted octanol–water partition coefficient (Wildman–Crippen LogP) is 2.95. The van der Waals surface area contributed by atoms with Gasteiger partial charge < -0.3 is 5.32 Å². The summed E-state index contributed by atoms with van der Waals surface area (Å²) in [6, 6.07) is 2.49. The Labute approximate surface area is 98.7 Å². The molecule has 1 aromatic heterocycles. The lowest BCUT2D eigenvalue weighted by Gasteiger charge is -2.26. The van der Waals surface area contributed by atoms with Crippen molar-refractivity contribution in [3.63, 3.8) is 0 Å². The molecule has 90 valence electrons. The van der Waals surface area contributed by atoms with Crippen molar-refractivity contribution in [1.82, 2.24) is 15.5 Å². The second-order valence-corrected chi connectivity index (χ2v) is 4.18. The average molecular weight is 221 g/mol. The topological polar surface area (TPSA) is 37.8 Å². The summed E-state index contributed by atoms with van der Waals surface area (Å²) in [7, 11) is 0. The molecule has 3 nitrogen and oxygen atoms in total. The number of hydrogen-bond acceptors (Lipinski definition) is 3. The molecule has 3 heteroatoms. The molecule has 0 radical (unpaired) electrons. The van der Waals surface area contributed by atoms with E-state index in [2.05, 4.69) is 42.4 Å². The highest BCUT2D eigenvalue weighted by atomic mass is 15.1. The standard InChI is InChI=1S/C13H23N3/c1-4-8-14-13(11(5-2)6-3)12-7-9-15-16-10-12/h7,9-11,13-14H,4-6,8H2,1-3H3. The molecule has 1 atom stereocenters. The summed E-state index contributed by atoms with van der Waals surface area (Å²) in [6.45, 7) is 7.76. The lowest BCUT2D eigenvalue weighted by atomic mass is 9.90. The van der Waals surface area contributed by atoms with Crippen LogP contribution in [0.25, 0.3) is 0 Å². The van der Waals surface area contributed by atoms with E-state index in [-0.39, 0.29) is 0 Å². The van der Waals surface area contributed by atoms with E-state index in [1.165, 1.54) is 18.4 Å². The highest BCUT2D eigenvalue weighted by Gasteiger charge is 2.19. The molecule has 0 bridgehead atoms. The van der Waals surface area contributed by atoms with E-state index >= 15 is 0 Å². The Kier molecular flexibility index (Phi) is 6.01. The van der Waals surface area contributed by atoms with E-state index in [0.717, 1.165) is 13.0 Å². The van der Waals surface area contributed by atoms with Crippen LogP contribution in [0.4, 0.5) is 0 Å². The molecule has 1 aromatic rings. The third-order valence-corrected chi connectivity index (χ3v) is 3.10. The number of nitrogens with zero attached hydrogens (tertiary/aromatic N) is 2. The maximum atomic E-state index is 3.97. The van der Waals surface area contributed by atoms with Gasteiger partial charge in [0.25, 0.3) is 0 Å². The highest BCUT2D eigenvalue weighted by Crippen LogP contribution is 2.26. The summed E-state index contributed by atoms with van der Waals surface area (Å²) in [5.41, 5.74) is 1.26. The number of aromatic nitrogens is 2. The van der Waals surface area contributed by atoms with Crippen LogP contribution in [0, 0.1) is 5.92 Å². The maximum Gasteiger partial charge on any atom is 0.0544 e. The third kappa shape index (κ3) is 3.56. The second-order valence-electron chi connectivity index (χ2n) is 4.18. The van der Waals surface area contributed by atoms with Gasteiger partial charge in [-0.2, -0.15) is 10.2 Å². The molecular weight excluding hydrogens is 198 g/mol. The van der Waals surface area contributed by atoms with Crippen LogP contribution in [0.2, 0.25) is 0 Å². The van der Waals surface area contributed by atoms with E-state index in [9.17, 15) is 0 Å². The molecule has 0 aliphatic rings. The van der Waals surface area contributed by atoms with Gasteiger partial charge in [-0.25, -0.2) is 0 Å². The Morgan fingerprint density at radius 3 is 2.44 bits per heavy atom. The van der Waals surface area contributed by atoms with E-state index in [1.54, 1.807) is 6.20 Å². The fourth-order valence-electron chi connectivity index (χ4n) is 2.10. The zero-order chi connectivity index (χ0) is 11.8. The maximum absolute atomic E-state index is 3.97. The zero-order valence-electron chi connectivity index (χ0n) is 10.6. The molecule has 0 aromatic carbocycles. The largest absolute Gasteiger partial charge is 0.310 e. The summed E-state index contributed by atoms with van der Waals surface area (Å²) in [5, 5.41) is 11.4. The Morgan fingerprint density at radius 2 is 1.94 bits per heavy atom. The zero-order valence-corrected chi connectivity index (χ0v) is 10.6. The Balaban J connectivity index is 2.78. The molecule has 1 unspecified atom stereocenters. The highest BCUT2D eigenvalue weighted by molar-refractivity contribution is 5.12. The molecule has 0 aliphatic carbocycles. The van der Waals surface area contributed by atoms with Crippen molar-refractivity contribution in [2.45, 2.75) is 46.1 Å². The van der Waals surface area contributed by atoms with Crippen molar-refractivity contribution < 1.29 is 0 Å². The monoisotopic (exact) mass is 221 g/mol. The first kappa shape index (κ1) is 13.1. The van der Waals surface area contributed by atoms with Crippen molar-refractivity contribution >= 4 is 0 Å². The van der Waals surface area contributed by atoms with Gasteiger partial charge in [0, 0.05) is 12.2 Å². The van der Waals surface area contributed by atoms with Crippen molar-refractivity contribution in [2.75, 3.05) is 6.54 Å². The summed E-state index contributed by atoms with van der Waals surface area (Å²) in [4.78, 5) is 0. The van der Waals surface area contributed by atoms with Gasteiger partial charge in [-0.3, -0.25) is 0 Å². The summed E-state index contributed by atoms with van der Waals surface area (Å²) in [5.74, 6) is 0.677. The van der Waals surface area contributed by atoms with Crippen molar-refractivity contribution in [1.29, 1.82) is 0 Å². The molecule has 0 aliphatic heterocycles. The van der Waals surface area contributed by atoms with Gasteiger partial charge in [0.1, 0.15) is 0 Å². The summed E-state index contributed by atoms with van der Waals surface area (Å²) < 4.78 is 0. The van der Waals surface area contributed by atoms with E-state index in [0.29, 0.717) is 12.0 Å². The molecule has 1 rings (SSSR count). The molecule has 16 heavy (non-hydrogen) atoms. The first-order valence-electron chi connectivity index (χ1n) is 6.33. The minimum absolute atomic E-state index is 0.422. The summed E-state index contributed by atoms with van der Waals surface area (Å²) in [6.07, 6.45) is 7.21. The van der Waals surface area contributed by atoms with Gasteiger partial charge in [-0.05, 0) is 30.5 Å². The predicted molar refractivity (Wildman–Crippen MR) is 67.1 cm³/mol. The lowest BCUT2D eigenvalue weighted by molar-refractivity contribution is 0.340. The SMILES string of the molecule is CCCNC(c1ccnnc1)C(CC)CC. The van der Waals surface area contributed by atoms with Crippen molar-refractivity contribution in [3.05, 3.63) is 24.0 Å². The first-order valence-corrected chi connectivity index (χ1v) is 6.33. The molecule has 0 amide bonds. The van der Waals surface area contributed by atoms with Gasteiger partial charge in [-0.1, -0.05) is 33.6 Å². The van der Waals surface area contributed by atoms with Crippen molar-refractivity contribution in [2.24, 2.45) is 5.92 Å². The molecule has 1 heterocycles. The smallest absolute Gasteiger partial charge is 0.0544 e. The van der Waals surface area contributed by atoms with Crippen LogP contribution < -0.4 is 5.32 Å². The average Bonchev–Trinajstić information content (AvgIpc) is 2.35. The Morgan fingerprint density at radius 1 is 1.19 bits per heavy atom. The van der Waals surface area contributed by atoms with Crippen LogP contribution >= 0.6 is 0 Å². The molecule has 0 saturated carbocycles. The van der Waals surface area contributed by atoms with E-state index in [4.69, 9.17) is 0 Å². The molecule has 0 saturated heterocycles. The number of nitrogens with one attached hydrogen (secondary N) is 1. The van der Waals surface area contributed by atoms with Crippen molar-refractivity contribution in [3.8, 4) is 0 Å². The Bertz CT molecular complexity index is 270. The van der Waals surface area contributed by atoms with Gasteiger partial charge in [0.2, 0.25) is 0 Å². The normalized spacial score (nSPS) is 13.0. The van der Waals surface area contributed by atoms with Crippen LogP contribution in [0.1, 0.15) is 51.6 Å². The first-order chi connectivity index (χ1) is 7.83. The van der Waals surface area contributed by atoms with Gasteiger partial charge in [0.05, 0.1) is 6.20 Å². The fourth-order valence-corrected chi connectivity index (χ4v) is 2.10. The minimum atomic E-state index is 0.422. The molecular formula is C13H23N3. The number of hydrogen-bond donors (Lipinski definition) is 1. The van der Waals surface area contributed by atoms with Crippen LogP contribution in [0.15, 0.2) is 18.5 Å².